The number of hydrogen-bond donors (Lipinski definition) is 1. The summed E-state index contributed by atoms with van der Waals surface area (Å²) in [5, 5.41) is 5.51. The minimum atomic E-state index is -0.164. The maximum atomic E-state index is 12.9. The summed E-state index contributed by atoms with van der Waals surface area (Å²) >= 11 is 1.44. The van der Waals surface area contributed by atoms with Crippen molar-refractivity contribution in [1.29, 1.82) is 0 Å². The Morgan fingerprint density at radius 1 is 1.18 bits per heavy atom. The summed E-state index contributed by atoms with van der Waals surface area (Å²) in [6.45, 7) is 0.613. The van der Waals surface area contributed by atoms with Gasteiger partial charge in [0.1, 0.15) is 5.69 Å². The molecule has 1 atom stereocenters. The van der Waals surface area contributed by atoms with Crippen LogP contribution in [0.3, 0.4) is 0 Å². The third kappa shape index (κ3) is 4.73. The van der Waals surface area contributed by atoms with E-state index in [-0.39, 0.29) is 5.91 Å². The number of para-hydroxylation sites is 1. The number of carbonyl (C=O) groups is 1. The van der Waals surface area contributed by atoms with Crippen molar-refractivity contribution in [3.8, 4) is 0 Å². The average Bonchev–Trinajstić information content (AvgIpc) is 3.49. The fraction of sp³-hybridized carbons (Fsp3) is 0.192. The molecule has 0 fully saturated rings. The first-order valence-electron chi connectivity index (χ1n) is 11.0. The number of aryl methyl sites for hydroxylation is 1. The quantitative estimate of drug-likeness (QED) is 0.439. The molecule has 3 aromatic heterocycles. The van der Waals surface area contributed by atoms with Gasteiger partial charge in [-0.15, -0.1) is 11.3 Å². The molecule has 1 amide bonds. The number of benzene rings is 1. The van der Waals surface area contributed by atoms with Crippen LogP contribution in [0.25, 0.3) is 6.08 Å². The summed E-state index contributed by atoms with van der Waals surface area (Å²) < 4.78 is 1.93. The highest BCUT2D eigenvalue weighted by atomic mass is 32.1. The number of hydrogen-bond acceptors (Lipinski definition) is 5. The Kier molecular flexibility index (Phi) is 6.04. The van der Waals surface area contributed by atoms with Crippen LogP contribution in [0.2, 0.25) is 0 Å². The first-order valence-corrected chi connectivity index (χ1v) is 11.9. The normalized spacial score (nSPS) is 15.5. The zero-order valence-electron chi connectivity index (χ0n) is 18.4. The van der Waals surface area contributed by atoms with Crippen LogP contribution in [0.5, 0.6) is 0 Å². The minimum absolute atomic E-state index is 0.164. The van der Waals surface area contributed by atoms with E-state index in [1.165, 1.54) is 22.6 Å². The van der Waals surface area contributed by atoms with Gasteiger partial charge in [0.05, 0.1) is 5.69 Å². The van der Waals surface area contributed by atoms with E-state index in [0.29, 0.717) is 23.4 Å². The largest absolute Gasteiger partial charge is 0.368 e. The summed E-state index contributed by atoms with van der Waals surface area (Å²) in [6, 6.07) is 16.5. The Morgan fingerprint density at radius 3 is 2.91 bits per heavy atom. The van der Waals surface area contributed by atoms with Crippen LogP contribution < -0.4 is 10.2 Å². The molecule has 1 unspecified atom stereocenters. The van der Waals surface area contributed by atoms with Crippen LogP contribution in [0.15, 0.2) is 78.6 Å². The van der Waals surface area contributed by atoms with Gasteiger partial charge < -0.3 is 9.47 Å². The molecule has 0 saturated carbocycles. The van der Waals surface area contributed by atoms with Gasteiger partial charge in [0.2, 0.25) is 0 Å². The maximum absolute atomic E-state index is 12.9. The first-order chi connectivity index (χ1) is 16.2. The Bertz CT molecular complexity index is 1280. The fourth-order valence-corrected chi connectivity index (χ4v) is 4.87. The van der Waals surface area contributed by atoms with E-state index in [0.717, 1.165) is 24.1 Å². The third-order valence-electron chi connectivity index (χ3n) is 5.97. The molecule has 0 saturated heterocycles. The number of thiazole rings is 1. The number of anilines is 2. The predicted molar refractivity (Wildman–Crippen MR) is 134 cm³/mol. The molecule has 1 aromatic carbocycles. The second-order valence-corrected chi connectivity index (χ2v) is 8.97. The van der Waals surface area contributed by atoms with E-state index in [4.69, 9.17) is 0 Å². The standard InChI is InChI=1S/C26H25N5OS/c1-30-22(10-8-20-5-2-3-6-23(20)30)11-9-21-18-33-26(28-21)29-25(32)24-7-4-16-31(24)17-19-12-14-27-15-13-19/h2-7,9,11-16,18,22H,8,10,17H2,1H3,(H,28,29,32). The van der Waals surface area contributed by atoms with Crippen LogP contribution in [0, 0.1) is 0 Å². The maximum Gasteiger partial charge on any atom is 0.274 e. The van der Waals surface area contributed by atoms with Crippen molar-refractivity contribution in [2.24, 2.45) is 0 Å². The average molecular weight is 456 g/mol. The van der Waals surface area contributed by atoms with E-state index in [1.54, 1.807) is 12.4 Å². The molecule has 0 aliphatic carbocycles. The number of pyridine rings is 1. The Hall–Kier alpha value is -3.71. The topological polar surface area (TPSA) is 63.1 Å². The minimum Gasteiger partial charge on any atom is -0.368 e. The number of nitrogens with one attached hydrogen (secondary N) is 1. The molecule has 7 heteroatoms. The van der Waals surface area contributed by atoms with Crippen molar-refractivity contribution >= 4 is 34.1 Å². The van der Waals surface area contributed by atoms with Crippen molar-refractivity contribution < 1.29 is 4.79 Å². The highest BCUT2D eigenvalue weighted by molar-refractivity contribution is 7.14. The lowest BCUT2D eigenvalue weighted by atomic mass is 9.96. The van der Waals surface area contributed by atoms with Crippen LogP contribution in [0.1, 0.15) is 33.7 Å². The van der Waals surface area contributed by atoms with E-state index in [1.807, 2.05) is 46.5 Å². The second kappa shape index (κ2) is 9.42. The summed E-state index contributed by atoms with van der Waals surface area (Å²) in [7, 11) is 2.14. The van der Waals surface area contributed by atoms with Gasteiger partial charge in [-0.3, -0.25) is 15.1 Å². The molecular weight excluding hydrogens is 430 g/mol. The Labute approximate surface area is 197 Å². The number of rotatable bonds is 6. The number of carbonyl (C=O) groups excluding carboxylic acids is 1. The van der Waals surface area contributed by atoms with E-state index >= 15 is 0 Å². The molecule has 0 radical (unpaired) electrons. The van der Waals surface area contributed by atoms with Gasteiger partial charge in [0.15, 0.2) is 5.13 Å². The van der Waals surface area contributed by atoms with E-state index in [9.17, 15) is 4.79 Å². The molecule has 1 aliphatic rings. The molecule has 5 rings (SSSR count). The lowest BCUT2D eigenvalue weighted by Crippen LogP contribution is -2.34. The molecular formula is C26H25N5OS. The monoisotopic (exact) mass is 455 g/mol. The first kappa shape index (κ1) is 21.2. The molecule has 166 valence electrons. The van der Waals surface area contributed by atoms with Crippen molar-refractivity contribution in [3.63, 3.8) is 0 Å². The Balaban J connectivity index is 1.23. The van der Waals surface area contributed by atoms with Gasteiger partial charge in [0.25, 0.3) is 5.91 Å². The number of nitrogens with zero attached hydrogens (tertiary/aromatic N) is 4. The fourth-order valence-electron chi connectivity index (χ4n) is 4.20. The van der Waals surface area contributed by atoms with Gasteiger partial charge in [-0.1, -0.05) is 24.3 Å². The molecule has 1 N–H and O–H groups in total. The van der Waals surface area contributed by atoms with E-state index in [2.05, 4.69) is 57.6 Å². The van der Waals surface area contributed by atoms with Gasteiger partial charge >= 0.3 is 0 Å². The number of fused-ring (bicyclic) bond motifs is 1. The van der Waals surface area contributed by atoms with Crippen LogP contribution in [-0.2, 0) is 13.0 Å². The molecule has 6 nitrogen and oxygen atoms in total. The highest BCUT2D eigenvalue weighted by Gasteiger charge is 2.20. The lowest BCUT2D eigenvalue weighted by Gasteiger charge is -2.34. The molecule has 4 aromatic rings. The number of amides is 1. The smallest absolute Gasteiger partial charge is 0.274 e. The lowest BCUT2D eigenvalue weighted by molar-refractivity contribution is 0.101. The number of aromatic nitrogens is 3. The third-order valence-corrected chi connectivity index (χ3v) is 6.75. The Morgan fingerprint density at radius 2 is 2.03 bits per heavy atom. The SMILES string of the molecule is CN1c2ccccc2CCC1C=Cc1csc(NC(=O)c2cccn2Cc2ccncc2)n1. The van der Waals surface area contributed by atoms with Crippen LogP contribution in [-0.4, -0.2) is 33.5 Å². The molecule has 1 aliphatic heterocycles. The summed E-state index contributed by atoms with van der Waals surface area (Å²) in [4.78, 5) is 23.8. The van der Waals surface area contributed by atoms with Crippen molar-refractivity contribution in [2.75, 3.05) is 17.3 Å². The predicted octanol–water partition coefficient (Wildman–Crippen LogP) is 5.10. The van der Waals surface area contributed by atoms with Crippen molar-refractivity contribution in [1.82, 2.24) is 14.5 Å². The molecule has 0 bridgehead atoms. The molecule has 0 spiro atoms. The molecule has 33 heavy (non-hydrogen) atoms. The zero-order valence-corrected chi connectivity index (χ0v) is 19.2. The summed E-state index contributed by atoms with van der Waals surface area (Å²) in [5.74, 6) is -0.164. The molecule has 4 heterocycles. The van der Waals surface area contributed by atoms with E-state index < -0.39 is 0 Å². The van der Waals surface area contributed by atoms with Crippen LogP contribution >= 0.6 is 11.3 Å². The summed E-state index contributed by atoms with van der Waals surface area (Å²) in [6.07, 6.45) is 11.8. The highest BCUT2D eigenvalue weighted by Crippen LogP contribution is 2.30. The van der Waals surface area contributed by atoms with Gasteiger partial charge in [-0.05, 0) is 60.4 Å². The van der Waals surface area contributed by atoms with Gasteiger partial charge in [-0.2, -0.15) is 0 Å². The summed E-state index contributed by atoms with van der Waals surface area (Å²) in [5.41, 5.74) is 5.24. The van der Waals surface area contributed by atoms with Crippen LogP contribution in [0.4, 0.5) is 10.8 Å². The van der Waals surface area contributed by atoms with Crippen molar-refractivity contribution in [3.05, 3.63) is 101 Å². The zero-order chi connectivity index (χ0) is 22.6. The second-order valence-electron chi connectivity index (χ2n) is 8.11. The van der Waals surface area contributed by atoms with Gasteiger partial charge in [0, 0.05) is 49.3 Å². The van der Waals surface area contributed by atoms with Gasteiger partial charge in [-0.25, -0.2) is 4.98 Å². The number of likely N-dealkylation sites (N-methyl/N-ethyl adjacent to an activating group) is 1. The van der Waals surface area contributed by atoms with Crippen molar-refractivity contribution in [2.45, 2.75) is 25.4 Å².